The molecule has 1 aromatic rings. The molecule has 0 aliphatic heterocycles. The van der Waals surface area contributed by atoms with Gasteiger partial charge in [0.25, 0.3) is 0 Å². The molecule has 20 heavy (non-hydrogen) atoms. The summed E-state index contributed by atoms with van der Waals surface area (Å²) in [6.45, 7) is 2.03. The van der Waals surface area contributed by atoms with Gasteiger partial charge in [-0.15, -0.1) is 0 Å². The lowest BCUT2D eigenvalue weighted by Crippen LogP contribution is -2.49. The summed E-state index contributed by atoms with van der Waals surface area (Å²) in [4.78, 5) is 0. The van der Waals surface area contributed by atoms with E-state index in [1.165, 1.54) is 37.8 Å². The van der Waals surface area contributed by atoms with Crippen molar-refractivity contribution in [3.8, 4) is 0 Å². The van der Waals surface area contributed by atoms with Gasteiger partial charge in [0.05, 0.1) is 11.8 Å². The Balaban J connectivity index is 1.51. The van der Waals surface area contributed by atoms with Crippen molar-refractivity contribution in [2.24, 2.45) is 36.6 Å². The van der Waals surface area contributed by atoms with Crippen LogP contribution >= 0.6 is 0 Å². The third-order valence-electron chi connectivity index (χ3n) is 6.26. The monoisotopic (exact) mass is 274 g/mol. The first-order valence-electron chi connectivity index (χ1n) is 8.27. The molecular weight excluding hydrogens is 248 g/mol. The molecule has 0 radical (unpaired) electrons. The van der Waals surface area contributed by atoms with Gasteiger partial charge in [0, 0.05) is 19.2 Å². The predicted molar refractivity (Wildman–Crippen MR) is 78.2 cm³/mol. The highest BCUT2D eigenvalue weighted by Crippen LogP contribution is 2.57. The van der Waals surface area contributed by atoms with E-state index in [2.05, 4.69) is 11.2 Å². The fourth-order valence-corrected chi connectivity index (χ4v) is 5.80. The van der Waals surface area contributed by atoms with Gasteiger partial charge in [-0.1, -0.05) is 0 Å². The SMILES string of the molecule is Cc1cc(CC(O)C2C3CC4CC(C3)CC2C4)n(C)n1. The maximum absolute atomic E-state index is 10.8. The Labute approximate surface area is 121 Å². The number of aliphatic hydroxyl groups is 1. The second-order valence-electron chi connectivity index (χ2n) is 7.68. The molecule has 4 aliphatic carbocycles. The van der Waals surface area contributed by atoms with Gasteiger partial charge in [0.1, 0.15) is 0 Å². The minimum Gasteiger partial charge on any atom is -0.392 e. The average molecular weight is 274 g/mol. The summed E-state index contributed by atoms with van der Waals surface area (Å²) >= 11 is 0. The van der Waals surface area contributed by atoms with Crippen LogP contribution in [0.1, 0.15) is 43.5 Å². The van der Waals surface area contributed by atoms with E-state index in [9.17, 15) is 5.11 Å². The Morgan fingerprint density at radius 2 is 1.80 bits per heavy atom. The lowest BCUT2D eigenvalue weighted by Gasteiger charge is -2.55. The molecule has 3 nitrogen and oxygen atoms in total. The number of aromatic nitrogens is 2. The molecule has 1 unspecified atom stereocenters. The van der Waals surface area contributed by atoms with Gasteiger partial charge in [-0.3, -0.25) is 4.68 Å². The molecule has 5 rings (SSSR count). The molecule has 0 saturated heterocycles. The van der Waals surface area contributed by atoms with Crippen LogP contribution < -0.4 is 0 Å². The summed E-state index contributed by atoms with van der Waals surface area (Å²) in [5.41, 5.74) is 2.24. The van der Waals surface area contributed by atoms with Crippen LogP contribution in [-0.2, 0) is 13.5 Å². The molecule has 1 heterocycles. The minimum atomic E-state index is -0.167. The smallest absolute Gasteiger partial charge is 0.0628 e. The first-order chi connectivity index (χ1) is 9.60. The molecule has 4 aliphatic rings. The summed E-state index contributed by atoms with van der Waals surface area (Å²) in [7, 11) is 1.99. The lowest BCUT2D eigenvalue weighted by molar-refractivity contribution is -0.0891. The highest BCUT2D eigenvalue weighted by Gasteiger charge is 2.50. The van der Waals surface area contributed by atoms with Crippen LogP contribution in [0, 0.1) is 36.5 Å². The second kappa shape index (κ2) is 4.59. The minimum absolute atomic E-state index is 0.167. The summed E-state index contributed by atoms with van der Waals surface area (Å²) in [6.07, 6.45) is 7.65. The molecule has 4 fully saturated rings. The largest absolute Gasteiger partial charge is 0.392 e. The Hall–Kier alpha value is -0.830. The van der Waals surface area contributed by atoms with Crippen molar-refractivity contribution in [3.63, 3.8) is 0 Å². The zero-order valence-electron chi connectivity index (χ0n) is 12.6. The van der Waals surface area contributed by atoms with Crippen molar-refractivity contribution in [2.45, 2.75) is 51.6 Å². The van der Waals surface area contributed by atoms with Crippen LogP contribution in [0.15, 0.2) is 6.07 Å². The standard InChI is InChI=1S/C17H26N2O/c1-10-3-15(19(2)18-10)9-16(20)17-13-5-11-4-12(7-13)8-14(17)6-11/h3,11-14,16-17,20H,4-9H2,1-2H3. The van der Waals surface area contributed by atoms with Gasteiger partial charge in [0.15, 0.2) is 0 Å². The molecule has 0 aromatic carbocycles. The Morgan fingerprint density at radius 1 is 1.20 bits per heavy atom. The Bertz CT molecular complexity index is 479. The van der Waals surface area contributed by atoms with Gasteiger partial charge >= 0.3 is 0 Å². The van der Waals surface area contributed by atoms with Crippen LogP contribution in [0.25, 0.3) is 0 Å². The highest BCUT2D eigenvalue weighted by molar-refractivity contribution is 5.11. The summed E-state index contributed by atoms with van der Waals surface area (Å²) in [5, 5.41) is 15.2. The first kappa shape index (κ1) is 12.9. The van der Waals surface area contributed by atoms with E-state index in [1.807, 2.05) is 18.7 Å². The van der Waals surface area contributed by atoms with Crippen LogP contribution in [0.2, 0.25) is 0 Å². The number of rotatable bonds is 3. The van der Waals surface area contributed by atoms with Gasteiger partial charge in [-0.05, 0) is 74.7 Å². The fraction of sp³-hybridized carbons (Fsp3) is 0.824. The van der Waals surface area contributed by atoms with Crippen LogP contribution in [0.4, 0.5) is 0 Å². The van der Waals surface area contributed by atoms with E-state index < -0.39 is 0 Å². The van der Waals surface area contributed by atoms with Crippen molar-refractivity contribution in [3.05, 3.63) is 17.5 Å². The molecule has 0 spiro atoms. The molecular formula is C17H26N2O. The highest BCUT2D eigenvalue weighted by atomic mass is 16.3. The molecule has 4 bridgehead atoms. The van der Waals surface area contributed by atoms with Crippen LogP contribution in [-0.4, -0.2) is 21.0 Å². The zero-order chi connectivity index (χ0) is 13.9. The second-order valence-corrected chi connectivity index (χ2v) is 7.68. The lowest BCUT2D eigenvalue weighted by atomic mass is 9.50. The zero-order valence-corrected chi connectivity index (χ0v) is 12.6. The van der Waals surface area contributed by atoms with Crippen molar-refractivity contribution < 1.29 is 5.11 Å². The number of hydrogen-bond donors (Lipinski definition) is 1. The maximum Gasteiger partial charge on any atom is 0.0628 e. The van der Waals surface area contributed by atoms with Gasteiger partial charge in [-0.2, -0.15) is 5.10 Å². The molecule has 1 aromatic heterocycles. The van der Waals surface area contributed by atoms with Gasteiger partial charge in [0.2, 0.25) is 0 Å². The molecule has 1 N–H and O–H groups in total. The Morgan fingerprint density at radius 3 is 2.30 bits per heavy atom. The summed E-state index contributed by atoms with van der Waals surface area (Å²) < 4.78 is 1.94. The van der Waals surface area contributed by atoms with Crippen molar-refractivity contribution >= 4 is 0 Å². The third-order valence-corrected chi connectivity index (χ3v) is 6.26. The van der Waals surface area contributed by atoms with Gasteiger partial charge < -0.3 is 5.11 Å². The molecule has 3 heteroatoms. The van der Waals surface area contributed by atoms with Crippen LogP contribution in [0.3, 0.4) is 0 Å². The number of aryl methyl sites for hydroxylation is 2. The Kier molecular flexibility index (Phi) is 2.95. The van der Waals surface area contributed by atoms with Crippen molar-refractivity contribution in [1.82, 2.24) is 9.78 Å². The van der Waals surface area contributed by atoms with E-state index >= 15 is 0 Å². The van der Waals surface area contributed by atoms with Crippen molar-refractivity contribution in [2.75, 3.05) is 0 Å². The molecule has 1 atom stereocenters. The number of hydrogen-bond acceptors (Lipinski definition) is 2. The normalized spacial score (nSPS) is 40.2. The first-order valence-corrected chi connectivity index (χ1v) is 8.27. The van der Waals surface area contributed by atoms with E-state index in [0.717, 1.165) is 35.8 Å². The quantitative estimate of drug-likeness (QED) is 0.920. The molecule has 4 saturated carbocycles. The maximum atomic E-state index is 10.8. The average Bonchev–Trinajstić information content (AvgIpc) is 2.66. The third kappa shape index (κ3) is 2.02. The van der Waals surface area contributed by atoms with E-state index in [0.29, 0.717) is 5.92 Å². The topological polar surface area (TPSA) is 38.0 Å². The fourth-order valence-electron chi connectivity index (χ4n) is 5.80. The predicted octanol–water partition coefficient (Wildman–Crippen LogP) is 2.70. The van der Waals surface area contributed by atoms with Crippen LogP contribution in [0.5, 0.6) is 0 Å². The number of nitrogens with zero attached hydrogens (tertiary/aromatic N) is 2. The number of aliphatic hydroxyl groups excluding tert-OH is 1. The van der Waals surface area contributed by atoms with E-state index in [1.54, 1.807) is 0 Å². The van der Waals surface area contributed by atoms with E-state index in [4.69, 9.17) is 0 Å². The van der Waals surface area contributed by atoms with Crippen molar-refractivity contribution in [1.29, 1.82) is 0 Å². The molecule has 0 amide bonds. The summed E-state index contributed by atoms with van der Waals surface area (Å²) in [5.74, 6) is 4.13. The summed E-state index contributed by atoms with van der Waals surface area (Å²) in [6, 6.07) is 2.12. The van der Waals surface area contributed by atoms with E-state index in [-0.39, 0.29) is 6.10 Å². The molecule has 110 valence electrons. The van der Waals surface area contributed by atoms with Gasteiger partial charge in [-0.25, -0.2) is 0 Å².